The second-order valence-electron chi connectivity index (χ2n) is 5.90. The van der Waals surface area contributed by atoms with Crippen molar-refractivity contribution in [2.24, 2.45) is 0 Å². The molecule has 0 unspecified atom stereocenters. The monoisotopic (exact) mass is 277 g/mol. The van der Waals surface area contributed by atoms with Gasteiger partial charge in [0, 0.05) is 6.54 Å². The summed E-state index contributed by atoms with van der Waals surface area (Å²) in [6.07, 6.45) is 9.21. The van der Waals surface area contributed by atoms with Crippen LogP contribution in [0.3, 0.4) is 0 Å². The number of aromatic nitrogens is 2. The fourth-order valence-corrected chi connectivity index (χ4v) is 2.72. The maximum atomic E-state index is 6.18. The molecule has 4 heteroatoms. The molecule has 2 rings (SSSR count). The quantitative estimate of drug-likeness (QED) is 0.849. The van der Waals surface area contributed by atoms with Gasteiger partial charge in [0.25, 0.3) is 0 Å². The Kier molecular flexibility index (Phi) is 5.62. The minimum Gasteiger partial charge on any atom is -0.474 e. The average Bonchev–Trinajstić information content (AvgIpc) is 2.46. The van der Waals surface area contributed by atoms with Crippen molar-refractivity contribution < 1.29 is 4.74 Å². The lowest BCUT2D eigenvalue weighted by molar-refractivity contribution is 0.146. The lowest BCUT2D eigenvalue weighted by Crippen LogP contribution is -2.21. The SMILES string of the molecule is CCCNc1ncnc(OC2CCCCC2)c1C(C)C. The first-order valence-electron chi connectivity index (χ1n) is 7.97. The first-order chi connectivity index (χ1) is 9.72. The third kappa shape index (κ3) is 3.84. The summed E-state index contributed by atoms with van der Waals surface area (Å²) in [4.78, 5) is 8.78. The van der Waals surface area contributed by atoms with Crippen molar-refractivity contribution in [2.45, 2.75) is 71.3 Å². The minimum absolute atomic E-state index is 0.329. The van der Waals surface area contributed by atoms with Crippen LogP contribution in [-0.4, -0.2) is 22.6 Å². The van der Waals surface area contributed by atoms with Crippen LogP contribution in [0.15, 0.2) is 6.33 Å². The Morgan fingerprint density at radius 3 is 2.65 bits per heavy atom. The zero-order valence-electron chi connectivity index (χ0n) is 13.0. The molecule has 0 amide bonds. The smallest absolute Gasteiger partial charge is 0.222 e. The van der Waals surface area contributed by atoms with Gasteiger partial charge in [-0.05, 0) is 38.0 Å². The number of ether oxygens (including phenoxy) is 1. The van der Waals surface area contributed by atoms with Crippen molar-refractivity contribution in [1.29, 1.82) is 0 Å². The molecule has 1 aliphatic rings. The Balaban J connectivity index is 2.17. The van der Waals surface area contributed by atoms with E-state index in [2.05, 4.69) is 36.1 Å². The van der Waals surface area contributed by atoms with Gasteiger partial charge in [-0.3, -0.25) is 0 Å². The molecule has 1 N–H and O–H groups in total. The van der Waals surface area contributed by atoms with Crippen LogP contribution in [0.1, 0.15) is 70.8 Å². The molecule has 1 aliphatic carbocycles. The summed E-state index contributed by atoms with van der Waals surface area (Å²) in [7, 11) is 0. The number of nitrogens with zero attached hydrogens (tertiary/aromatic N) is 2. The number of hydrogen-bond acceptors (Lipinski definition) is 4. The van der Waals surface area contributed by atoms with E-state index in [1.54, 1.807) is 6.33 Å². The van der Waals surface area contributed by atoms with Crippen LogP contribution in [0.25, 0.3) is 0 Å². The molecular formula is C16H27N3O. The van der Waals surface area contributed by atoms with Crippen LogP contribution in [0, 0.1) is 0 Å². The van der Waals surface area contributed by atoms with Crippen molar-refractivity contribution in [2.75, 3.05) is 11.9 Å². The van der Waals surface area contributed by atoms with Crippen molar-refractivity contribution in [1.82, 2.24) is 9.97 Å². The van der Waals surface area contributed by atoms with Crippen LogP contribution in [0.2, 0.25) is 0 Å². The summed E-state index contributed by atoms with van der Waals surface area (Å²) in [5.41, 5.74) is 1.12. The highest BCUT2D eigenvalue weighted by Crippen LogP contribution is 2.32. The van der Waals surface area contributed by atoms with Gasteiger partial charge in [-0.15, -0.1) is 0 Å². The van der Waals surface area contributed by atoms with E-state index >= 15 is 0 Å². The second kappa shape index (κ2) is 7.46. The zero-order chi connectivity index (χ0) is 14.4. The van der Waals surface area contributed by atoms with Crippen molar-refractivity contribution in [3.63, 3.8) is 0 Å². The fraction of sp³-hybridized carbons (Fsp3) is 0.750. The summed E-state index contributed by atoms with van der Waals surface area (Å²) < 4.78 is 6.18. The molecule has 20 heavy (non-hydrogen) atoms. The molecule has 0 atom stereocenters. The molecule has 0 bridgehead atoms. The van der Waals surface area contributed by atoms with E-state index in [1.807, 2.05) is 0 Å². The van der Waals surface area contributed by atoms with E-state index in [0.29, 0.717) is 12.0 Å². The molecule has 1 saturated carbocycles. The Hall–Kier alpha value is -1.32. The molecule has 1 heterocycles. The second-order valence-corrected chi connectivity index (χ2v) is 5.90. The summed E-state index contributed by atoms with van der Waals surface area (Å²) in [5.74, 6) is 2.07. The molecule has 112 valence electrons. The number of nitrogens with one attached hydrogen (secondary N) is 1. The Morgan fingerprint density at radius 2 is 2.00 bits per heavy atom. The highest BCUT2D eigenvalue weighted by atomic mass is 16.5. The molecule has 0 aromatic carbocycles. The lowest BCUT2D eigenvalue weighted by Gasteiger charge is -2.25. The van der Waals surface area contributed by atoms with E-state index in [1.165, 1.54) is 19.3 Å². The average molecular weight is 277 g/mol. The van der Waals surface area contributed by atoms with Crippen LogP contribution >= 0.6 is 0 Å². The first kappa shape index (κ1) is 15.1. The van der Waals surface area contributed by atoms with E-state index in [9.17, 15) is 0 Å². The number of rotatable bonds is 6. The third-order valence-electron chi connectivity index (χ3n) is 3.80. The molecule has 0 saturated heterocycles. The Bertz CT molecular complexity index is 414. The van der Waals surface area contributed by atoms with Crippen LogP contribution in [0.4, 0.5) is 5.82 Å². The fourth-order valence-electron chi connectivity index (χ4n) is 2.72. The minimum atomic E-state index is 0.329. The van der Waals surface area contributed by atoms with Gasteiger partial charge in [0.05, 0.1) is 5.56 Å². The third-order valence-corrected chi connectivity index (χ3v) is 3.80. The van der Waals surface area contributed by atoms with Crippen molar-refractivity contribution >= 4 is 5.82 Å². The molecule has 1 fully saturated rings. The topological polar surface area (TPSA) is 47.0 Å². The largest absolute Gasteiger partial charge is 0.474 e. The normalized spacial score (nSPS) is 16.4. The molecular weight excluding hydrogens is 250 g/mol. The van der Waals surface area contributed by atoms with Crippen molar-refractivity contribution in [3.8, 4) is 5.88 Å². The summed E-state index contributed by atoms with van der Waals surface area (Å²) in [5, 5.41) is 3.39. The maximum Gasteiger partial charge on any atom is 0.222 e. The molecule has 1 aromatic heterocycles. The van der Waals surface area contributed by atoms with E-state index in [4.69, 9.17) is 4.74 Å². The summed E-state index contributed by atoms with van der Waals surface area (Å²) in [6, 6.07) is 0. The van der Waals surface area contributed by atoms with Gasteiger partial charge in [0.1, 0.15) is 18.2 Å². The highest BCUT2D eigenvalue weighted by Gasteiger charge is 2.21. The van der Waals surface area contributed by atoms with Gasteiger partial charge >= 0.3 is 0 Å². The van der Waals surface area contributed by atoms with Crippen LogP contribution < -0.4 is 10.1 Å². The van der Waals surface area contributed by atoms with E-state index in [0.717, 1.165) is 43.1 Å². The molecule has 0 aliphatic heterocycles. The van der Waals surface area contributed by atoms with Gasteiger partial charge in [0.15, 0.2) is 0 Å². The predicted molar refractivity (Wildman–Crippen MR) is 82.4 cm³/mol. The summed E-state index contributed by atoms with van der Waals surface area (Å²) >= 11 is 0. The van der Waals surface area contributed by atoms with E-state index < -0.39 is 0 Å². The molecule has 1 aromatic rings. The van der Waals surface area contributed by atoms with Gasteiger partial charge < -0.3 is 10.1 Å². The van der Waals surface area contributed by atoms with Gasteiger partial charge in [-0.2, -0.15) is 0 Å². The standard InChI is InChI=1S/C16H27N3O/c1-4-10-17-15-14(12(2)3)16(19-11-18-15)20-13-8-6-5-7-9-13/h11-13H,4-10H2,1-3H3,(H,17,18,19). The molecule has 4 nitrogen and oxygen atoms in total. The lowest BCUT2D eigenvalue weighted by atomic mass is 9.97. The van der Waals surface area contributed by atoms with Gasteiger partial charge in [0.2, 0.25) is 5.88 Å². The predicted octanol–water partition coefficient (Wildman–Crippen LogP) is 4.13. The zero-order valence-corrected chi connectivity index (χ0v) is 13.0. The molecule has 0 spiro atoms. The van der Waals surface area contributed by atoms with Gasteiger partial charge in [-0.25, -0.2) is 9.97 Å². The maximum absolute atomic E-state index is 6.18. The van der Waals surface area contributed by atoms with Crippen molar-refractivity contribution in [3.05, 3.63) is 11.9 Å². The number of hydrogen-bond donors (Lipinski definition) is 1. The molecule has 0 radical (unpaired) electrons. The van der Waals surface area contributed by atoms with E-state index in [-0.39, 0.29) is 0 Å². The highest BCUT2D eigenvalue weighted by molar-refractivity contribution is 5.50. The van der Waals surface area contributed by atoms with Crippen LogP contribution in [0.5, 0.6) is 5.88 Å². The Morgan fingerprint density at radius 1 is 1.25 bits per heavy atom. The Labute approximate surface area is 122 Å². The van der Waals surface area contributed by atoms with Crippen LogP contribution in [-0.2, 0) is 0 Å². The summed E-state index contributed by atoms with van der Waals surface area (Å²) in [6.45, 7) is 7.43. The number of anilines is 1. The van der Waals surface area contributed by atoms with Gasteiger partial charge in [-0.1, -0.05) is 27.2 Å². The first-order valence-corrected chi connectivity index (χ1v) is 7.97.